The van der Waals surface area contributed by atoms with Gasteiger partial charge in [0.15, 0.2) is 5.03 Å². The maximum absolute atomic E-state index is 11.9. The van der Waals surface area contributed by atoms with Gasteiger partial charge in [0.2, 0.25) is 0 Å². The average Bonchev–Trinajstić information content (AvgIpc) is 2.14. The van der Waals surface area contributed by atoms with E-state index in [2.05, 4.69) is 9.71 Å². The summed E-state index contributed by atoms with van der Waals surface area (Å²) < 4.78 is 26.3. The van der Waals surface area contributed by atoms with Crippen molar-refractivity contribution >= 4 is 10.0 Å². The highest BCUT2D eigenvalue weighted by Gasteiger charge is 2.25. The number of nitrogens with zero attached hydrogens (tertiary/aromatic N) is 2. The molecule has 86 valence electrons. The van der Waals surface area contributed by atoms with E-state index in [1.807, 2.05) is 0 Å². The van der Waals surface area contributed by atoms with E-state index in [4.69, 9.17) is 5.26 Å². The van der Waals surface area contributed by atoms with Gasteiger partial charge in [0.05, 0.1) is 5.56 Å². The van der Waals surface area contributed by atoms with Gasteiger partial charge in [-0.05, 0) is 32.9 Å². The third-order valence-corrected chi connectivity index (χ3v) is 3.30. The van der Waals surface area contributed by atoms with Gasteiger partial charge in [-0.25, -0.2) is 18.1 Å². The molecule has 0 saturated heterocycles. The van der Waals surface area contributed by atoms with Gasteiger partial charge in [0.25, 0.3) is 10.0 Å². The maximum Gasteiger partial charge on any atom is 0.259 e. The van der Waals surface area contributed by atoms with Crippen LogP contribution in [0.25, 0.3) is 0 Å². The Morgan fingerprint density at radius 2 is 2.06 bits per heavy atom. The molecule has 1 heterocycles. The number of nitrogens with one attached hydrogen (secondary N) is 1. The molecule has 0 fully saturated rings. The lowest BCUT2D eigenvalue weighted by atomic mass is 10.1. The number of rotatable bonds is 2. The Balaban J connectivity index is 3.24. The van der Waals surface area contributed by atoms with E-state index in [-0.39, 0.29) is 10.6 Å². The summed E-state index contributed by atoms with van der Waals surface area (Å²) in [6.07, 6.45) is 1.35. The molecule has 0 aliphatic carbocycles. The molecule has 0 aliphatic rings. The molecule has 0 saturated carbocycles. The third-order valence-electron chi connectivity index (χ3n) is 1.59. The van der Waals surface area contributed by atoms with Crippen LogP contribution in [0.5, 0.6) is 0 Å². The number of aromatic nitrogens is 1. The monoisotopic (exact) mass is 239 g/mol. The molecule has 0 spiro atoms. The lowest BCUT2D eigenvalue weighted by Crippen LogP contribution is -2.41. The van der Waals surface area contributed by atoms with Gasteiger partial charge in [-0.3, -0.25) is 0 Å². The largest absolute Gasteiger partial charge is 0.259 e. The molecule has 0 aliphatic heterocycles. The molecule has 1 aromatic rings. The van der Waals surface area contributed by atoms with Crippen LogP contribution in [0.1, 0.15) is 26.3 Å². The molecule has 1 N–H and O–H groups in total. The highest BCUT2D eigenvalue weighted by Crippen LogP contribution is 2.13. The second-order valence-corrected chi connectivity index (χ2v) is 5.92. The minimum Gasteiger partial charge on any atom is -0.242 e. The van der Waals surface area contributed by atoms with E-state index in [0.717, 1.165) is 0 Å². The summed E-state index contributed by atoms with van der Waals surface area (Å²) in [4.78, 5) is 3.73. The third kappa shape index (κ3) is 3.02. The Hall–Kier alpha value is -1.45. The van der Waals surface area contributed by atoms with Gasteiger partial charge in [0, 0.05) is 11.7 Å². The molecule has 0 radical (unpaired) electrons. The minimum absolute atomic E-state index is 0.0410. The Morgan fingerprint density at radius 3 is 2.56 bits per heavy atom. The van der Waals surface area contributed by atoms with E-state index in [1.54, 1.807) is 26.8 Å². The fourth-order valence-electron chi connectivity index (χ4n) is 1.14. The second-order valence-electron chi connectivity index (χ2n) is 4.32. The Morgan fingerprint density at radius 1 is 1.44 bits per heavy atom. The van der Waals surface area contributed by atoms with Crippen LogP contribution in [0.3, 0.4) is 0 Å². The van der Waals surface area contributed by atoms with Crippen LogP contribution >= 0.6 is 0 Å². The van der Waals surface area contributed by atoms with E-state index in [0.29, 0.717) is 0 Å². The number of hydrogen-bond acceptors (Lipinski definition) is 4. The molecule has 1 rings (SSSR count). The maximum atomic E-state index is 11.9. The molecular weight excluding hydrogens is 226 g/mol. The summed E-state index contributed by atoms with van der Waals surface area (Å²) in [5, 5.41) is 8.57. The van der Waals surface area contributed by atoms with Gasteiger partial charge in [-0.15, -0.1) is 0 Å². The van der Waals surface area contributed by atoms with Crippen LogP contribution in [-0.4, -0.2) is 18.9 Å². The van der Waals surface area contributed by atoms with Gasteiger partial charge in [-0.1, -0.05) is 0 Å². The fraction of sp³-hybridized carbons (Fsp3) is 0.400. The quantitative estimate of drug-likeness (QED) is 0.835. The van der Waals surface area contributed by atoms with Gasteiger partial charge < -0.3 is 0 Å². The van der Waals surface area contributed by atoms with Crippen molar-refractivity contribution in [3.63, 3.8) is 0 Å². The van der Waals surface area contributed by atoms with Gasteiger partial charge >= 0.3 is 0 Å². The summed E-state index contributed by atoms with van der Waals surface area (Å²) in [5.41, 5.74) is -0.567. The highest BCUT2D eigenvalue weighted by molar-refractivity contribution is 7.89. The first kappa shape index (κ1) is 12.6. The lowest BCUT2D eigenvalue weighted by molar-refractivity contribution is 0.489. The second kappa shape index (κ2) is 4.20. The topological polar surface area (TPSA) is 82.8 Å². The zero-order valence-electron chi connectivity index (χ0n) is 9.35. The predicted molar refractivity (Wildman–Crippen MR) is 59.0 cm³/mol. The zero-order chi connectivity index (χ0) is 12.4. The molecule has 16 heavy (non-hydrogen) atoms. The van der Waals surface area contributed by atoms with E-state index in [9.17, 15) is 8.42 Å². The van der Waals surface area contributed by atoms with Crippen LogP contribution in [0.15, 0.2) is 23.4 Å². The first-order valence-electron chi connectivity index (χ1n) is 4.65. The molecule has 1 aromatic heterocycles. The van der Waals surface area contributed by atoms with Crippen molar-refractivity contribution in [2.24, 2.45) is 0 Å². The predicted octanol–water partition coefficient (Wildman–Crippen LogP) is 1.03. The summed E-state index contributed by atoms with van der Waals surface area (Å²) in [6, 6.07) is 4.75. The van der Waals surface area contributed by atoms with E-state index >= 15 is 0 Å². The molecule has 0 unspecified atom stereocenters. The van der Waals surface area contributed by atoms with Crippen LogP contribution < -0.4 is 4.72 Å². The van der Waals surface area contributed by atoms with Crippen LogP contribution in [-0.2, 0) is 10.0 Å². The standard InChI is InChI=1S/C10H13N3O2S/c1-10(2,3)13-16(14,15)9-8(7-11)5-4-6-12-9/h4-6,13H,1-3H3. The number of nitriles is 1. The summed E-state index contributed by atoms with van der Waals surface area (Å²) in [5.74, 6) is 0. The molecule has 5 nitrogen and oxygen atoms in total. The summed E-state index contributed by atoms with van der Waals surface area (Å²) in [7, 11) is -3.74. The molecule has 0 bridgehead atoms. The van der Waals surface area contributed by atoms with Crippen molar-refractivity contribution in [3.05, 3.63) is 23.9 Å². The summed E-state index contributed by atoms with van der Waals surface area (Å²) >= 11 is 0. The van der Waals surface area contributed by atoms with Crippen molar-refractivity contribution in [1.29, 1.82) is 5.26 Å². The average molecular weight is 239 g/mol. The minimum atomic E-state index is -3.74. The SMILES string of the molecule is CC(C)(C)NS(=O)(=O)c1ncccc1C#N. The summed E-state index contributed by atoms with van der Waals surface area (Å²) in [6.45, 7) is 5.17. The molecule has 6 heteroatoms. The Kier molecular flexibility index (Phi) is 3.31. The molecule has 0 aromatic carbocycles. The van der Waals surface area contributed by atoms with Crippen LogP contribution in [0.4, 0.5) is 0 Å². The van der Waals surface area contributed by atoms with Crippen molar-refractivity contribution in [2.45, 2.75) is 31.3 Å². The van der Waals surface area contributed by atoms with Crippen molar-refractivity contribution in [3.8, 4) is 6.07 Å². The van der Waals surface area contributed by atoms with Crippen LogP contribution in [0.2, 0.25) is 0 Å². The zero-order valence-corrected chi connectivity index (χ0v) is 10.2. The highest BCUT2D eigenvalue weighted by atomic mass is 32.2. The van der Waals surface area contributed by atoms with Crippen LogP contribution in [0, 0.1) is 11.3 Å². The van der Waals surface area contributed by atoms with E-state index < -0.39 is 15.6 Å². The molecule has 0 amide bonds. The smallest absolute Gasteiger partial charge is 0.242 e. The number of pyridine rings is 1. The van der Waals surface area contributed by atoms with Crippen molar-refractivity contribution in [1.82, 2.24) is 9.71 Å². The van der Waals surface area contributed by atoms with E-state index in [1.165, 1.54) is 18.3 Å². The van der Waals surface area contributed by atoms with Gasteiger partial charge in [0.1, 0.15) is 6.07 Å². The van der Waals surface area contributed by atoms with Gasteiger partial charge in [-0.2, -0.15) is 5.26 Å². The van der Waals surface area contributed by atoms with Crippen molar-refractivity contribution < 1.29 is 8.42 Å². The number of sulfonamides is 1. The van der Waals surface area contributed by atoms with Crippen molar-refractivity contribution in [2.75, 3.05) is 0 Å². The molecular formula is C10H13N3O2S. The lowest BCUT2D eigenvalue weighted by Gasteiger charge is -2.20. The number of hydrogen-bond donors (Lipinski definition) is 1. The fourth-order valence-corrected chi connectivity index (χ4v) is 2.65. The Bertz CT molecular complexity index is 524. The molecule has 0 atom stereocenters. The Labute approximate surface area is 95.2 Å². The first-order valence-corrected chi connectivity index (χ1v) is 6.14. The normalized spacial score (nSPS) is 12.1. The first-order chi connectivity index (χ1) is 7.26.